The highest BCUT2D eigenvalue weighted by Gasteiger charge is 2.45. The molecule has 3 N–H and O–H groups in total. The first kappa shape index (κ1) is 22.6. The number of aryl methyl sites for hydroxylation is 1. The summed E-state index contributed by atoms with van der Waals surface area (Å²) in [6, 6.07) is 12.0. The van der Waals surface area contributed by atoms with Crippen molar-refractivity contribution in [3.05, 3.63) is 54.5 Å². The van der Waals surface area contributed by atoms with Gasteiger partial charge in [0.2, 0.25) is 5.91 Å². The van der Waals surface area contributed by atoms with Crippen LogP contribution in [0.1, 0.15) is 31.4 Å². The Labute approximate surface area is 209 Å². The highest BCUT2D eigenvalue weighted by atomic mass is 16.1. The number of hydrogen-bond donors (Lipinski definition) is 2. The third-order valence-electron chi connectivity index (χ3n) is 7.71. The largest absolute Gasteiger partial charge is 0.368 e. The number of anilines is 1. The van der Waals surface area contributed by atoms with Gasteiger partial charge in [0, 0.05) is 43.6 Å². The fourth-order valence-corrected chi connectivity index (χ4v) is 5.75. The van der Waals surface area contributed by atoms with Gasteiger partial charge in [-0.3, -0.25) is 24.8 Å². The maximum atomic E-state index is 12.3. The van der Waals surface area contributed by atoms with Gasteiger partial charge in [0.25, 0.3) is 0 Å². The Hall–Kier alpha value is -3.85. The lowest BCUT2D eigenvalue weighted by atomic mass is 9.93. The minimum atomic E-state index is -0.460. The molecule has 2 fully saturated rings. The summed E-state index contributed by atoms with van der Waals surface area (Å²) in [5.41, 5.74) is 12.4. The van der Waals surface area contributed by atoms with E-state index in [2.05, 4.69) is 36.0 Å². The van der Waals surface area contributed by atoms with E-state index in [0.717, 1.165) is 96.9 Å². The first-order chi connectivity index (χ1) is 17.5. The van der Waals surface area contributed by atoms with Gasteiger partial charge in [-0.15, -0.1) is 0 Å². The number of hydrogen-bond acceptors (Lipinski definition) is 7. The fraction of sp³-hybridized carbons (Fsp3) is 0.370. The number of carbonyl (C=O) groups is 1. The Morgan fingerprint density at radius 3 is 2.56 bits per heavy atom. The van der Waals surface area contributed by atoms with Gasteiger partial charge < -0.3 is 10.6 Å². The normalized spacial score (nSPS) is 18.1. The van der Waals surface area contributed by atoms with E-state index in [1.165, 1.54) is 0 Å². The van der Waals surface area contributed by atoms with Gasteiger partial charge in [-0.05, 0) is 50.1 Å². The van der Waals surface area contributed by atoms with Crippen molar-refractivity contribution in [2.45, 2.75) is 38.1 Å². The Morgan fingerprint density at radius 1 is 1.00 bits per heavy atom. The van der Waals surface area contributed by atoms with Crippen LogP contribution in [0.25, 0.3) is 33.7 Å². The molecule has 0 aromatic carbocycles. The molecule has 9 nitrogen and oxygen atoms in total. The van der Waals surface area contributed by atoms with Gasteiger partial charge in [0.15, 0.2) is 0 Å². The summed E-state index contributed by atoms with van der Waals surface area (Å²) >= 11 is 0. The summed E-state index contributed by atoms with van der Waals surface area (Å²) in [6.45, 7) is 5.25. The lowest BCUT2D eigenvalue weighted by Gasteiger charge is -2.44. The average molecular weight is 483 g/mol. The summed E-state index contributed by atoms with van der Waals surface area (Å²) in [5.74, 6) is -0.169. The number of carbonyl (C=O) groups excluding carboxylic acids is 1. The van der Waals surface area contributed by atoms with Crippen LogP contribution in [-0.4, -0.2) is 67.7 Å². The number of nitrogens with one attached hydrogen (secondary N) is 1. The standard InChI is InChI=1S/C27H30N8O/c1-18-5-4-6-23(31-18)25-20(17-30-33-25)21-7-8-22-24(32-21)15-19(16-29-22)34-11-13-35(14-12-34)27(26(28)36)9-2-3-10-27/h4-8,15-17H,2-3,9-14H2,1H3,(H2,28,36)(H,30,33). The molecule has 0 atom stereocenters. The van der Waals surface area contributed by atoms with E-state index >= 15 is 0 Å². The highest BCUT2D eigenvalue weighted by molar-refractivity contribution is 5.85. The van der Waals surface area contributed by atoms with E-state index in [-0.39, 0.29) is 5.91 Å². The van der Waals surface area contributed by atoms with E-state index in [9.17, 15) is 4.79 Å². The van der Waals surface area contributed by atoms with E-state index in [1.807, 2.05) is 49.6 Å². The zero-order valence-corrected chi connectivity index (χ0v) is 20.4. The van der Waals surface area contributed by atoms with E-state index in [4.69, 9.17) is 10.7 Å². The molecule has 6 rings (SSSR count). The van der Waals surface area contributed by atoms with Crippen molar-refractivity contribution in [2.75, 3.05) is 31.1 Å². The lowest BCUT2D eigenvalue weighted by molar-refractivity contribution is -0.130. The van der Waals surface area contributed by atoms with Crippen LogP contribution in [0.3, 0.4) is 0 Å². The number of nitrogens with zero attached hydrogens (tertiary/aromatic N) is 6. The Balaban J connectivity index is 1.25. The molecule has 2 aliphatic rings. The summed E-state index contributed by atoms with van der Waals surface area (Å²) in [5, 5.41) is 7.42. The minimum Gasteiger partial charge on any atom is -0.368 e. The summed E-state index contributed by atoms with van der Waals surface area (Å²) in [6.07, 6.45) is 7.68. The molecule has 0 bridgehead atoms. The summed E-state index contributed by atoms with van der Waals surface area (Å²) in [4.78, 5) is 31.2. The van der Waals surface area contributed by atoms with E-state index in [1.54, 1.807) is 0 Å². The molecule has 0 radical (unpaired) electrons. The fourth-order valence-electron chi connectivity index (χ4n) is 5.75. The van der Waals surface area contributed by atoms with Gasteiger partial charge in [-0.25, -0.2) is 4.98 Å². The Bertz CT molecular complexity index is 1420. The molecule has 1 amide bonds. The maximum absolute atomic E-state index is 12.3. The van der Waals surface area contributed by atoms with Gasteiger partial charge in [-0.2, -0.15) is 5.10 Å². The van der Waals surface area contributed by atoms with Crippen LogP contribution < -0.4 is 10.6 Å². The van der Waals surface area contributed by atoms with Crippen LogP contribution in [0.5, 0.6) is 0 Å². The van der Waals surface area contributed by atoms with E-state index in [0.29, 0.717) is 0 Å². The number of fused-ring (bicyclic) bond motifs is 1. The number of nitrogens with two attached hydrogens (primary N) is 1. The average Bonchev–Trinajstić information content (AvgIpc) is 3.59. The SMILES string of the molecule is Cc1cccc(-c2n[nH]cc2-c2ccc3ncc(N4CCN(C5(C(N)=O)CCCC5)CC4)cc3n2)n1. The number of aromatic amines is 1. The number of rotatable bonds is 5. The Kier molecular flexibility index (Phi) is 5.64. The van der Waals surface area contributed by atoms with Crippen LogP contribution in [0, 0.1) is 6.92 Å². The molecule has 4 aromatic heterocycles. The molecule has 4 aromatic rings. The second kappa shape index (κ2) is 8.98. The van der Waals surface area contributed by atoms with Crippen molar-refractivity contribution in [1.29, 1.82) is 0 Å². The molecule has 1 saturated heterocycles. The summed E-state index contributed by atoms with van der Waals surface area (Å²) in [7, 11) is 0. The second-order valence-electron chi connectivity index (χ2n) is 9.82. The van der Waals surface area contributed by atoms with Crippen LogP contribution in [0.2, 0.25) is 0 Å². The number of amides is 1. The molecule has 1 aliphatic heterocycles. The molecular formula is C27H30N8O. The monoisotopic (exact) mass is 482 g/mol. The number of pyridine rings is 3. The molecule has 0 spiro atoms. The third-order valence-corrected chi connectivity index (χ3v) is 7.71. The number of primary amides is 1. The molecule has 184 valence electrons. The molecule has 5 heterocycles. The molecule has 36 heavy (non-hydrogen) atoms. The quantitative estimate of drug-likeness (QED) is 0.448. The second-order valence-corrected chi connectivity index (χ2v) is 9.82. The van der Waals surface area contributed by atoms with Crippen LogP contribution in [0.15, 0.2) is 48.8 Å². The van der Waals surface area contributed by atoms with Crippen molar-refractivity contribution in [1.82, 2.24) is 30.0 Å². The van der Waals surface area contributed by atoms with Gasteiger partial charge >= 0.3 is 0 Å². The van der Waals surface area contributed by atoms with Crippen molar-refractivity contribution in [3.8, 4) is 22.6 Å². The Morgan fingerprint density at radius 2 is 1.81 bits per heavy atom. The maximum Gasteiger partial charge on any atom is 0.237 e. The molecule has 1 saturated carbocycles. The number of aromatic nitrogens is 5. The highest BCUT2D eigenvalue weighted by Crippen LogP contribution is 2.36. The predicted octanol–water partition coefficient (Wildman–Crippen LogP) is 3.31. The predicted molar refractivity (Wildman–Crippen MR) is 139 cm³/mol. The minimum absolute atomic E-state index is 0.169. The molecule has 9 heteroatoms. The van der Waals surface area contributed by atoms with Gasteiger partial charge in [0.1, 0.15) is 11.2 Å². The van der Waals surface area contributed by atoms with Crippen molar-refractivity contribution < 1.29 is 4.79 Å². The van der Waals surface area contributed by atoms with Crippen molar-refractivity contribution in [2.24, 2.45) is 5.73 Å². The van der Waals surface area contributed by atoms with Crippen LogP contribution in [-0.2, 0) is 4.79 Å². The molecular weight excluding hydrogens is 452 g/mol. The third kappa shape index (κ3) is 3.89. The van der Waals surface area contributed by atoms with E-state index < -0.39 is 5.54 Å². The topological polar surface area (TPSA) is 117 Å². The zero-order chi connectivity index (χ0) is 24.7. The number of piperazine rings is 1. The zero-order valence-electron chi connectivity index (χ0n) is 20.4. The smallest absolute Gasteiger partial charge is 0.237 e. The van der Waals surface area contributed by atoms with Crippen LogP contribution in [0.4, 0.5) is 5.69 Å². The van der Waals surface area contributed by atoms with Crippen molar-refractivity contribution >= 4 is 22.6 Å². The molecule has 1 aliphatic carbocycles. The van der Waals surface area contributed by atoms with Crippen molar-refractivity contribution in [3.63, 3.8) is 0 Å². The van der Waals surface area contributed by atoms with Gasteiger partial charge in [-0.1, -0.05) is 18.9 Å². The first-order valence-corrected chi connectivity index (χ1v) is 12.6. The lowest BCUT2D eigenvalue weighted by Crippen LogP contribution is -2.61. The van der Waals surface area contributed by atoms with Crippen LogP contribution >= 0.6 is 0 Å². The van der Waals surface area contributed by atoms with Gasteiger partial charge in [0.05, 0.1) is 34.3 Å². The first-order valence-electron chi connectivity index (χ1n) is 12.6. The number of H-pyrrole nitrogens is 1. The molecule has 0 unspecified atom stereocenters. The summed E-state index contributed by atoms with van der Waals surface area (Å²) < 4.78 is 0.